The van der Waals surface area contributed by atoms with Gasteiger partial charge in [0, 0.05) is 31.1 Å². The van der Waals surface area contributed by atoms with E-state index >= 15 is 0 Å². The van der Waals surface area contributed by atoms with Gasteiger partial charge in [-0.15, -0.1) is 0 Å². The van der Waals surface area contributed by atoms with Gasteiger partial charge in [-0.1, -0.05) is 18.2 Å². The smallest absolute Gasteiger partial charge is 0.0843 e. The number of aromatic nitrogens is 2. The first-order valence-corrected chi connectivity index (χ1v) is 7.20. The lowest BCUT2D eigenvalue weighted by Crippen LogP contribution is -2.42. The molecule has 0 aliphatic carbocycles. The lowest BCUT2D eigenvalue weighted by molar-refractivity contribution is 0.199. The van der Waals surface area contributed by atoms with E-state index in [1.54, 1.807) is 0 Å². The molecule has 19 heavy (non-hydrogen) atoms. The molecular weight excluding hydrogens is 236 g/mol. The predicted octanol–water partition coefficient (Wildman–Crippen LogP) is 1.98. The molecule has 4 heteroatoms. The molecule has 2 N–H and O–H groups in total. The van der Waals surface area contributed by atoms with Crippen LogP contribution in [0.4, 0.5) is 0 Å². The normalized spacial score (nSPS) is 21.1. The maximum Gasteiger partial charge on any atom is 0.0843 e. The molecule has 2 heterocycles. The van der Waals surface area contributed by atoms with E-state index in [4.69, 9.17) is 10.8 Å². The number of nitrogens with zero attached hydrogens (tertiary/aromatic N) is 3. The molecule has 0 saturated carbocycles. The molecule has 0 bridgehead atoms. The number of benzene rings is 1. The summed E-state index contributed by atoms with van der Waals surface area (Å²) in [7, 11) is 0. The van der Waals surface area contributed by atoms with E-state index in [9.17, 15) is 0 Å². The Labute approximate surface area is 114 Å². The van der Waals surface area contributed by atoms with Crippen LogP contribution < -0.4 is 5.73 Å². The highest BCUT2D eigenvalue weighted by molar-refractivity contribution is 5.81. The molecule has 3 rings (SSSR count). The lowest BCUT2D eigenvalue weighted by atomic mass is 10.1. The summed E-state index contributed by atoms with van der Waals surface area (Å²) in [5.41, 5.74) is 8.48. The largest absolute Gasteiger partial charge is 0.327 e. The number of hydrogen-bond donors (Lipinski definition) is 1. The van der Waals surface area contributed by atoms with Gasteiger partial charge in [-0.05, 0) is 32.4 Å². The minimum Gasteiger partial charge on any atom is -0.327 e. The van der Waals surface area contributed by atoms with Crippen LogP contribution in [-0.2, 0) is 13.1 Å². The van der Waals surface area contributed by atoms with Gasteiger partial charge in [0.05, 0.1) is 11.2 Å². The van der Waals surface area contributed by atoms with Crippen LogP contribution in [0.1, 0.15) is 25.5 Å². The molecule has 0 radical (unpaired) electrons. The molecule has 1 fully saturated rings. The van der Waals surface area contributed by atoms with Crippen molar-refractivity contribution in [2.75, 3.05) is 13.1 Å². The zero-order valence-electron chi connectivity index (χ0n) is 11.5. The van der Waals surface area contributed by atoms with Crippen LogP contribution in [0.3, 0.4) is 0 Å². The third-order valence-electron chi connectivity index (χ3n) is 3.95. The maximum atomic E-state index is 6.06. The van der Waals surface area contributed by atoms with Gasteiger partial charge in [-0.3, -0.25) is 9.58 Å². The fourth-order valence-corrected chi connectivity index (χ4v) is 3.00. The summed E-state index contributed by atoms with van der Waals surface area (Å²) in [6.45, 7) is 6.11. The van der Waals surface area contributed by atoms with Crippen molar-refractivity contribution in [3.8, 4) is 0 Å². The van der Waals surface area contributed by atoms with Crippen molar-refractivity contribution in [3.63, 3.8) is 0 Å². The van der Waals surface area contributed by atoms with E-state index in [0.717, 1.165) is 32.6 Å². The molecule has 2 aromatic rings. The standard InChI is InChI=1S/C15H22N4/c1-2-19-15-8-4-3-7-13(15)14(17-19)11-18-9-5-6-12(16)10-18/h3-4,7-8,12H,2,5-6,9-11,16H2,1H3. The molecule has 102 valence electrons. The first-order chi connectivity index (χ1) is 9.28. The zero-order chi connectivity index (χ0) is 13.2. The Hall–Kier alpha value is -1.39. The average Bonchev–Trinajstić information content (AvgIpc) is 2.77. The molecular formula is C15H22N4. The number of likely N-dealkylation sites (tertiary alicyclic amines) is 1. The summed E-state index contributed by atoms with van der Waals surface area (Å²) in [6, 6.07) is 8.82. The summed E-state index contributed by atoms with van der Waals surface area (Å²) < 4.78 is 2.09. The van der Waals surface area contributed by atoms with Crippen molar-refractivity contribution in [1.29, 1.82) is 0 Å². The van der Waals surface area contributed by atoms with E-state index in [1.807, 2.05) is 0 Å². The van der Waals surface area contributed by atoms with E-state index < -0.39 is 0 Å². The van der Waals surface area contributed by atoms with Crippen LogP contribution in [0.5, 0.6) is 0 Å². The molecule has 4 nitrogen and oxygen atoms in total. The Bertz CT molecular complexity index is 560. The van der Waals surface area contributed by atoms with Gasteiger partial charge in [-0.25, -0.2) is 0 Å². The molecule has 1 atom stereocenters. The van der Waals surface area contributed by atoms with Gasteiger partial charge >= 0.3 is 0 Å². The second kappa shape index (κ2) is 5.31. The Kier molecular flexibility index (Phi) is 3.53. The highest BCUT2D eigenvalue weighted by Crippen LogP contribution is 2.21. The average molecular weight is 258 g/mol. The Morgan fingerprint density at radius 3 is 3.00 bits per heavy atom. The maximum absolute atomic E-state index is 6.06. The van der Waals surface area contributed by atoms with Crippen LogP contribution in [0.2, 0.25) is 0 Å². The molecule has 1 aliphatic rings. The molecule has 0 amide bonds. The first kappa shape index (κ1) is 12.6. The van der Waals surface area contributed by atoms with Crippen LogP contribution in [0, 0.1) is 0 Å². The number of hydrogen-bond acceptors (Lipinski definition) is 3. The number of piperidine rings is 1. The molecule has 0 spiro atoms. The number of nitrogens with two attached hydrogens (primary N) is 1. The molecule has 1 aromatic heterocycles. The SMILES string of the molecule is CCn1nc(CN2CCCC(N)C2)c2ccccc21. The Morgan fingerprint density at radius 1 is 1.37 bits per heavy atom. The fraction of sp³-hybridized carbons (Fsp3) is 0.533. The Morgan fingerprint density at radius 2 is 2.21 bits per heavy atom. The van der Waals surface area contributed by atoms with Crippen molar-refractivity contribution < 1.29 is 0 Å². The van der Waals surface area contributed by atoms with Gasteiger partial charge in [0.2, 0.25) is 0 Å². The summed E-state index contributed by atoms with van der Waals surface area (Å²) in [5, 5.41) is 6.04. The van der Waals surface area contributed by atoms with Crippen LogP contribution >= 0.6 is 0 Å². The molecule has 1 unspecified atom stereocenters. The van der Waals surface area contributed by atoms with E-state index in [0.29, 0.717) is 6.04 Å². The van der Waals surface area contributed by atoms with Crippen molar-refractivity contribution >= 4 is 10.9 Å². The van der Waals surface area contributed by atoms with Crippen LogP contribution in [0.15, 0.2) is 24.3 Å². The van der Waals surface area contributed by atoms with E-state index in [2.05, 4.69) is 40.8 Å². The summed E-state index contributed by atoms with van der Waals surface area (Å²) >= 11 is 0. The Balaban J connectivity index is 1.88. The number of para-hydroxylation sites is 1. The molecule has 1 aromatic carbocycles. The van der Waals surface area contributed by atoms with Gasteiger partial charge < -0.3 is 5.73 Å². The fourth-order valence-electron chi connectivity index (χ4n) is 3.00. The lowest BCUT2D eigenvalue weighted by Gasteiger charge is -2.30. The third kappa shape index (κ3) is 2.51. The van der Waals surface area contributed by atoms with Gasteiger partial charge in [0.25, 0.3) is 0 Å². The second-order valence-electron chi connectivity index (χ2n) is 5.42. The highest BCUT2D eigenvalue weighted by Gasteiger charge is 2.19. The van der Waals surface area contributed by atoms with Crippen molar-refractivity contribution in [1.82, 2.24) is 14.7 Å². The van der Waals surface area contributed by atoms with E-state index in [1.165, 1.54) is 23.0 Å². The summed E-state index contributed by atoms with van der Waals surface area (Å²) in [5.74, 6) is 0. The highest BCUT2D eigenvalue weighted by atomic mass is 15.3. The van der Waals surface area contributed by atoms with Crippen molar-refractivity contribution in [2.24, 2.45) is 5.73 Å². The first-order valence-electron chi connectivity index (χ1n) is 7.20. The number of rotatable bonds is 3. The third-order valence-corrected chi connectivity index (χ3v) is 3.95. The zero-order valence-corrected chi connectivity index (χ0v) is 11.5. The van der Waals surface area contributed by atoms with Gasteiger partial charge in [-0.2, -0.15) is 5.10 Å². The second-order valence-corrected chi connectivity index (χ2v) is 5.42. The predicted molar refractivity (Wildman–Crippen MR) is 77.9 cm³/mol. The number of fused-ring (bicyclic) bond motifs is 1. The minimum atomic E-state index is 0.327. The van der Waals surface area contributed by atoms with Gasteiger partial charge in [0.15, 0.2) is 0 Å². The minimum absolute atomic E-state index is 0.327. The quantitative estimate of drug-likeness (QED) is 0.915. The van der Waals surface area contributed by atoms with Crippen molar-refractivity contribution in [3.05, 3.63) is 30.0 Å². The van der Waals surface area contributed by atoms with E-state index in [-0.39, 0.29) is 0 Å². The number of aryl methyl sites for hydroxylation is 1. The molecule has 1 saturated heterocycles. The summed E-state index contributed by atoms with van der Waals surface area (Å²) in [4.78, 5) is 2.43. The summed E-state index contributed by atoms with van der Waals surface area (Å²) in [6.07, 6.45) is 2.36. The van der Waals surface area contributed by atoms with Crippen LogP contribution in [-0.4, -0.2) is 33.8 Å². The van der Waals surface area contributed by atoms with Gasteiger partial charge in [0.1, 0.15) is 0 Å². The van der Waals surface area contributed by atoms with Crippen molar-refractivity contribution in [2.45, 2.75) is 38.9 Å². The molecule has 1 aliphatic heterocycles. The van der Waals surface area contributed by atoms with Crippen LogP contribution in [0.25, 0.3) is 10.9 Å². The topological polar surface area (TPSA) is 47.1 Å². The monoisotopic (exact) mass is 258 g/mol.